The van der Waals surface area contributed by atoms with Crippen LogP contribution in [0.15, 0.2) is 183 Å². The molecule has 0 fully saturated rings. The normalized spacial score (nSPS) is 11.5. The molecule has 4 heterocycles. The van der Waals surface area contributed by atoms with E-state index in [0.29, 0.717) is 0 Å². The summed E-state index contributed by atoms with van der Waals surface area (Å²) < 4.78 is 2.33. The van der Waals surface area contributed by atoms with E-state index in [9.17, 15) is 0 Å². The molecule has 238 valence electrons. The van der Waals surface area contributed by atoms with Gasteiger partial charge in [-0.05, 0) is 85.3 Å². The lowest BCUT2D eigenvalue weighted by atomic mass is 9.84. The summed E-state index contributed by atoms with van der Waals surface area (Å²) >= 11 is 0. The van der Waals surface area contributed by atoms with E-state index in [0.717, 1.165) is 44.4 Å². The van der Waals surface area contributed by atoms with E-state index >= 15 is 0 Å². The van der Waals surface area contributed by atoms with Crippen LogP contribution < -0.4 is 0 Å². The minimum Gasteiger partial charge on any atom is -0.308 e. The van der Waals surface area contributed by atoms with Crippen LogP contribution in [0.4, 0.5) is 0 Å². The van der Waals surface area contributed by atoms with Crippen molar-refractivity contribution in [3.63, 3.8) is 0 Å². The molecule has 0 N–H and O–H groups in total. The Balaban J connectivity index is 1.25. The number of fused-ring (bicyclic) bond motifs is 5. The fraction of sp³-hybridized carbons (Fsp3) is 0. The van der Waals surface area contributed by atoms with E-state index in [4.69, 9.17) is 0 Å². The SMILES string of the molecule is c1ccc(-c2c3ccccc3c(-c3ccccc3)c3cc(-c4ccncc4-c4cnccc4-n4c5ccccc5c5cnccc54)ccc23)cc1. The zero-order chi connectivity index (χ0) is 33.7. The fourth-order valence-electron chi connectivity index (χ4n) is 7.90. The molecule has 0 atom stereocenters. The van der Waals surface area contributed by atoms with Crippen molar-refractivity contribution >= 4 is 43.4 Å². The number of nitrogens with zero attached hydrogens (tertiary/aromatic N) is 4. The quantitative estimate of drug-likeness (QED) is 0.174. The summed E-state index contributed by atoms with van der Waals surface area (Å²) in [5.74, 6) is 0. The van der Waals surface area contributed by atoms with Crippen LogP contribution in [0, 0.1) is 0 Å². The molecule has 0 bridgehead atoms. The van der Waals surface area contributed by atoms with Gasteiger partial charge < -0.3 is 4.57 Å². The number of hydrogen-bond acceptors (Lipinski definition) is 3. The lowest BCUT2D eigenvalue weighted by Gasteiger charge is -2.19. The van der Waals surface area contributed by atoms with Crippen LogP contribution in [0.2, 0.25) is 0 Å². The van der Waals surface area contributed by atoms with Gasteiger partial charge in [-0.2, -0.15) is 0 Å². The van der Waals surface area contributed by atoms with E-state index in [1.807, 2.05) is 37.2 Å². The van der Waals surface area contributed by atoms with Gasteiger partial charge in [-0.25, -0.2) is 0 Å². The summed E-state index contributed by atoms with van der Waals surface area (Å²) in [6.45, 7) is 0. The first kappa shape index (κ1) is 29.0. The second-order valence-corrected chi connectivity index (χ2v) is 12.8. The molecule has 4 aromatic heterocycles. The Labute approximate surface area is 295 Å². The van der Waals surface area contributed by atoms with Gasteiger partial charge in [-0.1, -0.05) is 115 Å². The van der Waals surface area contributed by atoms with E-state index in [-0.39, 0.29) is 0 Å². The van der Waals surface area contributed by atoms with Gasteiger partial charge in [0.05, 0.1) is 16.7 Å². The van der Waals surface area contributed by atoms with Crippen molar-refractivity contribution in [1.29, 1.82) is 0 Å². The number of pyridine rings is 3. The molecule has 0 aliphatic carbocycles. The number of benzene rings is 6. The molecule has 10 rings (SSSR count). The summed E-state index contributed by atoms with van der Waals surface area (Å²) in [7, 11) is 0. The molecule has 0 spiro atoms. The average Bonchev–Trinajstić information content (AvgIpc) is 3.54. The van der Waals surface area contributed by atoms with Crippen molar-refractivity contribution < 1.29 is 0 Å². The highest BCUT2D eigenvalue weighted by atomic mass is 15.0. The Morgan fingerprint density at radius 1 is 0.333 bits per heavy atom. The molecular formula is C47H30N4. The van der Waals surface area contributed by atoms with Gasteiger partial charge >= 0.3 is 0 Å². The Hall–Kier alpha value is -6.91. The summed E-state index contributed by atoms with van der Waals surface area (Å²) in [6, 6.07) is 52.1. The molecule has 0 saturated carbocycles. The Morgan fingerprint density at radius 3 is 1.63 bits per heavy atom. The van der Waals surface area contributed by atoms with Crippen LogP contribution in [0.1, 0.15) is 0 Å². The minimum absolute atomic E-state index is 1.01. The molecule has 51 heavy (non-hydrogen) atoms. The zero-order valence-electron chi connectivity index (χ0n) is 27.6. The molecule has 4 nitrogen and oxygen atoms in total. The molecule has 0 radical (unpaired) electrons. The van der Waals surface area contributed by atoms with Crippen LogP contribution >= 0.6 is 0 Å². The van der Waals surface area contributed by atoms with Gasteiger partial charge in [0.1, 0.15) is 0 Å². The predicted molar refractivity (Wildman–Crippen MR) is 211 cm³/mol. The van der Waals surface area contributed by atoms with Crippen LogP contribution in [-0.2, 0) is 0 Å². The summed E-state index contributed by atoms with van der Waals surface area (Å²) in [5.41, 5.74) is 12.4. The van der Waals surface area contributed by atoms with Gasteiger partial charge in [-0.15, -0.1) is 0 Å². The van der Waals surface area contributed by atoms with Crippen LogP contribution in [-0.4, -0.2) is 19.5 Å². The molecule has 0 aliphatic heterocycles. The van der Waals surface area contributed by atoms with E-state index in [1.165, 1.54) is 49.2 Å². The third-order valence-electron chi connectivity index (χ3n) is 10.1. The Morgan fingerprint density at radius 2 is 0.882 bits per heavy atom. The first-order valence-corrected chi connectivity index (χ1v) is 17.2. The number of para-hydroxylation sites is 1. The van der Waals surface area contributed by atoms with Crippen molar-refractivity contribution in [1.82, 2.24) is 19.5 Å². The van der Waals surface area contributed by atoms with Gasteiger partial charge in [-0.3, -0.25) is 15.0 Å². The average molecular weight is 651 g/mol. The predicted octanol–water partition coefficient (Wildman–Crippen LogP) is 11.9. The second kappa shape index (κ2) is 11.9. The van der Waals surface area contributed by atoms with E-state index in [2.05, 4.69) is 165 Å². The first-order valence-electron chi connectivity index (χ1n) is 17.2. The zero-order valence-corrected chi connectivity index (χ0v) is 27.6. The van der Waals surface area contributed by atoms with Crippen LogP contribution in [0.25, 0.3) is 93.5 Å². The highest BCUT2D eigenvalue weighted by Gasteiger charge is 2.20. The van der Waals surface area contributed by atoms with E-state index < -0.39 is 0 Å². The lowest BCUT2D eigenvalue weighted by molar-refractivity contribution is 1.15. The highest BCUT2D eigenvalue weighted by Crippen LogP contribution is 2.46. The van der Waals surface area contributed by atoms with Gasteiger partial charge in [0.25, 0.3) is 0 Å². The molecular weight excluding hydrogens is 621 g/mol. The van der Waals surface area contributed by atoms with Crippen molar-refractivity contribution in [2.24, 2.45) is 0 Å². The maximum Gasteiger partial charge on any atom is 0.0572 e. The van der Waals surface area contributed by atoms with Crippen molar-refractivity contribution in [3.8, 4) is 50.2 Å². The molecule has 0 saturated heterocycles. The number of hydrogen-bond donors (Lipinski definition) is 0. The van der Waals surface area contributed by atoms with E-state index in [1.54, 1.807) is 0 Å². The molecule has 10 aromatic rings. The molecule has 0 amide bonds. The van der Waals surface area contributed by atoms with Crippen LogP contribution in [0.5, 0.6) is 0 Å². The van der Waals surface area contributed by atoms with Crippen molar-refractivity contribution in [2.45, 2.75) is 0 Å². The van der Waals surface area contributed by atoms with Crippen molar-refractivity contribution in [3.05, 3.63) is 183 Å². The number of rotatable bonds is 5. The Bertz CT molecular complexity index is 2860. The smallest absolute Gasteiger partial charge is 0.0572 e. The molecule has 4 heteroatoms. The topological polar surface area (TPSA) is 43.6 Å². The van der Waals surface area contributed by atoms with Gasteiger partial charge in [0.15, 0.2) is 0 Å². The first-order chi connectivity index (χ1) is 25.3. The highest BCUT2D eigenvalue weighted by molar-refractivity contribution is 6.22. The summed E-state index contributed by atoms with van der Waals surface area (Å²) in [4.78, 5) is 13.8. The second-order valence-electron chi connectivity index (χ2n) is 12.8. The standard InChI is InChI=1S/C47H30N4/c1-3-11-31(12-4-1)46-36-16-7-8-17-37(36)47(32-13-5-2-6-14-32)39-27-33(19-20-38(39)46)34-21-24-48-28-40(34)42-30-50-26-23-45(42)51-43-18-10-9-15-35(43)41-29-49-25-22-44(41)51/h1-30H. The monoisotopic (exact) mass is 650 g/mol. The lowest BCUT2D eigenvalue weighted by Crippen LogP contribution is -1.99. The fourth-order valence-corrected chi connectivity index (χ4v) is 7.90. The largest absolute Gasteiger partial charge is 0.308 e. The third kappa shape index (κ3) is 4.65. The maximum atomic E-state index is 4.67. The van der Waals surface area contributed by atoms with Crippen LogP contribution in [0.3, 0.4) is 0 Å². The summed E-state index contributed by atoms with van der Waals surface area (Å²) in [5, 5.41) is 7.19. The molecule has 6 aromatic carbocycles. The van der Waals surface area contributed by atoms with Gasteiger partial charge in [0.2, 0.25) is 0 Å². The van der Waals surface area contributed by atoms with Gasteiger partial charge in [0, 0.05) is 59.1 Å². The minimum atomic E-state index is 1.01. The maximum absolute atomic E-state index is 4.67. The third-order valence-corrected chi connectivity index (χ3v) is 10.1. The molecule has 0 aliphatic rings. The summed E-state index contributed by atoms with van der Waals surface area (Å²) in [6.07, 6.45) is 11.5. The van der Waals surface area contributed by atoms with Crippen molar-refractivity contribution in [2.75, 3.05) is 0 Å². The molecule has 0 unspecified atom stereocenters. The number of aromatic nitrogens is 4. The Kier molecular flexibility index (Phi) is 6.78.